The molecule has 7 nitrogen and oxygen atoms in total. The van der Waals surface area contributed by atoms with E-state index in [0.717, 1.165) is 29.7 Å². The van der Waals surface area contributed by atoms with Gasteiger partial charge in [0.05, 0.1) is 34.9 Å². The topological polar surface area (TPSA) is 86.7 Å². The third-order valence-corrected chi connectivity index (χ3v) is 6.27. The Balaban J connectivity index is 1.46. The lowest BCUT2D eigenvalue weighted by atomic mass is 10.1. The molecule has 208 valence electrons. The summed E-state index contributed by atoms with van der Waals surface area (Å²) in [6.07, 6.45) is -1.56. The SMILES string of the molecule is CCCCOC(=O)c1ccc(-c2ccc(C=Nn3c(-c4cccc(C(F)(F)F)c4)nc4ccccc4c3=O)o2)cc1. The van der Waals surface area contributed by atoms with E-state index >= 15 is 0 Å². The van der Waals surface area contributed by atoms with Gasteiger partial charge in [-0.3, -0.25) is 4.79 Å². The molecule has 2 aromatic heterocycles. The molecule has 10 heteroatoms. The zero-order chi connectivity index (χ0) is 29.0. The van der Waals surface area contributed by atoms with Crippen LogP contribution in [0.15, 0.2) is 99.2 Å². The number of esters is 1. The Kier molecular flexibility index (Phi) is 7.82. The number of unbranched alkanes of at least 4 members (excludes halogenated alkanes) is 1. The van der Waals surface area contributed by atoms with E-state index in [1.807, 2.05) is 6.92 Å². The predicted octanol–water partition coefficient (Wildman–Crippen LogP) is 7.18. The minimum Gasteiger partial charge on any atom is -0.462 e. The van der Waals surface area contributed by atoms with Crippen molar-refractivity contribution in [2.24, 2.45) is 5.10 Å². The van der Waals surface area contributed by atoms with Gasteiger partial charge in [-0.2, -0.15) is 22.9 Å². The number of carbonyl (C=O) groups is 1. The smallest absolute Gasteiger partial charge is 0.416 e. The molecule has 0 unspecified atom stereocenters. The second-order valence-electron chi connectivity index (χ2n) is 9.16. The number of fused-ring (bicyclic) bond motifs is 1. The first kappa shape index (κ1) is 27.6. The fourth-order valence-electron chi connectivity index (χ4n) is 4.11. The number of ether oxygens (including phenoxy) is 1. The van der Waals surface area contributed by atoms with Gasteiger partial charge in [-0.1, -0.05) is 49.7 Å². The molecule has 0 amide bonds. The second-order valence-corrected chi connectivity index (χ2v) is 9.16. The van der Waals surface area contributed by atoms with E-state index in [4.69, 9.17) is 9.15 Å². The van der Waals surface area contributed by atoms with E-state index in [9.17, 15) is 22.8 Å². The van der Waals surface area contributed by atoms with Crippen LogP contribution in [0.1, 0.15) is 41.4 Å². The highest BCUT2D eigenvalue weighted by Gasteiger charge is 2.31. The van der Waals surface area contributed by atoms with Crippen LogP contribution in [0.3, 0.4) is 0 Å². The van der Waals surface area contributed by atoms with Gasteiger partial charge < -0.3 is 9.15 Å². The summed E-state index contributed by atoms with van der Waals surface area (Å²) in [5.74, 6) is 0.324. The lowest BCUT2D eigenvalue weighted by molar-refractivity contribution is -0.137. The molecule has 0 aliphatic carbocycles. The van der Waals surface area contributed by atoms with E-state index in [1.165, 1.54) is 18.3 Å². The van der Waals surface area contributed by atoms with E-state index in [2.05, 4.69) is 10.1 Å². The Morgan fingerprint density at radius 1 is 1.00 bits per heavy atom. The van der Waals surface area contributed by atoms with Crippen LogP contribution in [-0.4, -0.2) is 28.5 Å². The number of furan rings is 1. The van der Waals surface area contributed by atoms with Gasteiger partial charge in [-0.05, 0) is 55.0 Å². The number of nitrogens with zero attached hydrogens (tertiary/aromatic N) is 3. The highest BCUT2D eigenvalue weighted by Crippen LogP contribution is 2.32. The molecule has 0 fully saturated rings. The fourth-order valence-corrected chi connectivity index (χ4v) is 4.11. The average Bonchev–Trinajstić information content (AvgIpc) is 3.45. The van der Waals surface area contributed by atoms with Gasteiger partial charge in [0.15, 0.2) is 5.82 Å². The van der Waals surface area contributed by atoms with Crippen LogP contribution in [0.25, 0.3) is 33.6 Å². The molecular formula is C31H24F3N3O4. The zero-order valence-electron chi connectivity index (χ0n) is 21.9. The van der Waals surface area contributed by atoms with Crippen molar-refractivity contribution >= 4 is 23.1 Å². The fraction of sp³-hybridized carbons (Fsp3) is 0.161. The summed E-state index contributed by atoms with van der Waals surface area (Å²) >= 11 is 0. The molecule has 0 saturated heterocycles. The predicted molar refractivity (Wildman–Crippen MR) is 149 cm³/mol. The minimum absolute atomic E-state index is 0.0516. The third kappa shape index (κ3) is 6.11. The molecule has 0 N–H and O–H groups in total. The summed E-state index contributed by atoms with van der Waals surface area (Å²) in [6, 6.07) is 21.2. The van der Waals surface area contributed by atoms with Gasteiger partial charge in [0.25, 0.3) is 5.56 Å². The number of carbonyl (C=O) groups excluding carboxylic acids is 1. The molecule has 0 atom stereocenters. The summed E-state index contributed by atoms with van der Waals surface area (Å²) in [5, 5.41) is 4.51. The maximum absolute atomic E-state index is 13.4. The van der Waals surface area contributed by atoms with Gasteiger partial charge in [-0.15, -0.1) is 0 Å². The summed E-state index contributed by atoms with van der Waals surface area (Å²) in [4.78, 5) is 29.9. The van der Waals surface area contributed by atoms with Crippen LogP contribution in [0.4, 0.5) is 13.2 Å². The number of para-hydroxylation sites is 1. The highest BCUT2D eigenvalue weighted by atomic mass is 19.4. The van der Waals surface area contributed by atoms with Crippen LogP contribution >= 0.6 is 0 Å². The number of halogens is 3. The second kappa shape index (κ2) is 11.6. The van der Waals surface area contributed by atoms with Gasteiger partial charge in [0.2, 0.25) is 0 Å². The van der Waals surface area contributed by atoms with Crippen LogP contribution in [0, 0.1) is 0 Å². The standard InChI is InChI=1S/C31H24F3N3O4/c1-2-3-17-40-30(39)21-13-11-20(12-14-21)27-16-15-24(41-27)19-35-37-28(22-7-6-8-23(18-22)31(32,33)34)36-26-10-5-4-9-25(26)29(37)38/h4-16,18-19H,2-3,17H2,1H3. The first-order valence-electron chi connectivity index (χ1n) is 12.9. The van der Waals surface area contributed by atoms with E-state index in [1.54, 1.807) is 60.7 Å². The molecule has 5 aromatic rings. The molecule has 0 spiro atoms. The van der Waals surface area contributed by atoms with Crippen LogP contribution in [0.5, 0.6) is 0 Å². The molecule has 0 radical (unpaired) electrons. The van der Waals surface area contributed by atoms with E-state index < -0.39 is 23.3 Å². The van der Waals surface area contributed by atoms with Crippen LogP contribution < -0.4 is 5.56 Å². The number of hydrogen-bond donors (Lipinski definition) is 0. The normalized spacial score (nSPS) is 11.8. The van der Waals surface area contributed by atoms with Crippen molar-refractivity contribution in [3.63, 3.8) is 0 Å². The number of benzene rings is 3. The molecule has 0 saturated carbocycles. The Morgan fingerprint density at radius 2 is 1.78 bits per heavy atom. The number of alkyl halides is 3. The van der Waals surface area contributed by atoms with E-state index in [-0.39, 0.29) is 22.5 Å². The maximum Gasteiger partial charge on any atom is 0.416 e. The number of aromatic nitrogens is 2. The zero-order valence-corrected chi connectivity index (χ0v) is 21.9. The van der Waals surface area contributed by atoms with E-state index in [0.29, 0.717) is 29.0 Å². The summed E-state index contributed by atoms with van der Waals surface area (Å²) in [7, 11) is 0. The molecule has 2 heterocycles. The monoisotopic (exact) mass is 559 g/mol. The minimum atomic E-state index is -4.57. The van der Waals surface area contributed by atoms with Crippen LogP contribution in [-0.2, 0) is 10.9 Å². The average molecular weight is 560 g/mol. The molecule has 0 bridgehead atoms. The Bertz CT molecular complexity index is 1790. The van der Waals surface area contributed by atoms with Gasteiger partial charge in [0, 0.05) is 11.1 Å². The van der Waals surface area contributed by atoms with Gasteiger partial charge in [-0.25, -0.2) is 9.78 Å². The lowest BCUT2D eigenvalue weighted by Crippen LogP contribution is -2.20. The lowest BCUT2D eigenvalue weighted by Gasteiger charge is -2.11. The highest BCUT2D eigenvalue weighted by molar-refractivity contribution is 5.90. The number of rotatable bonds is 8. The van der Waals surface area contributed by atoms with Crippen molar-refractivity contribution in [1.82, 2.24) is 9.66 Å². The molecule has 3 aromatic carbocycles. The summed E-state index contributed by atoms with van der Waals surface area (Å²) in [6.45, 7) is 2.38. The summed E-state index contributed by atoms with van der Waals surface area (Å²) in [5.41, 5.74) is 0.103. The van der Waals surface area contributed by atoms with Crippen molar-refractivity contribution in [3.05, 3.63) is 112 Å². The van der Waals surface area contributed by atoms with Crippen molar-refractivity contribution in [2.75, 3.05) is 6.61 Å². The first-order chi connectivity index (χ1) is 19.7. The Labute approximate surface area is 232 Å². The molecule has 5 rings (SSSR count). The Hall–Kier alpha value is -4.99. The maximum atomic E-state index is 13.4. The first-order valence-corrected chi connectivity index (χ1v) is 12.9. The number of hydrogen-bond acceptors (Lipinski definition) is 6. The molecular weight excluding hydrogens is 535 g/mol. The van der Waals surface area contributed by atoms with Crippen molar-refractivity contribution in [1.29, 1.82) is 0 Å². The van der Waals surface area contributed by atoms with Crippen molar-refractivity contribution < 1.29 is 27.1 Å². The summed E-state index contributed by atoms with van der Waals surface area (Å²) < 4.78 is 52.2. The van der Waals surface area contributed by atoms with Gasteiger partial charge in [0.1, 0.15) is 11.5 Å². The van der Waals surface area contributed by atoms with Crippen molar-refractivity contribution in [2.45, 2.75) is 25.9 Å². The quantitative estimate of drug-likeness (QED) is 0.114. The third-order valence-electron chi connectivity index (χ3n) is 6.27. The Morgan fingerprint density at radius 3 is 2.54 bits per heavy atom. The van der Waals surface area contributed by atoms with Crippen molar-refractivity contribution in [3.8, 4) is 22.7 Å². The van der Waals surface area contributed by atoms with Gasteiger partial charge >= 0.3 is 12.1 Å². The van der Waals surface area contributed by atoms with Crippen LogP contribution in [0.2, 0.25) is 0 Å². The largest absolute Gasteiger partial charge is 0.462 e. The molecule has 0 aliphatic rings. The molecule has 0 aliphatic heterocycles. The molecule has 41 heavy (non-hydrogen) atoms.